The second kappa shape index (κ2) is 3.63. The van der Waals surface area contributed by atoms with Gasteiger partial charge in [-0.3, -0.25) is 0 Å². The van der Waals surface area contributed by atoms with Crippen molar-refractivity contribution in [3.63, 3.8) is 0 Å². The van der Waals surface area contributed by atoms with Crippen molar-refractivity contribution in [3.8, 4) is 0 Å². The molecule has 0 heterocycles. The summed E-state index contributed by atoms with van der Waals surface area (Å²) >= 11 is 0. The van der Waals surface area contributed by atoms with Crippen molar-refractivity contribution in [3.05, 3.63) is 0 Å². The van der Waals surface area contributed by atoms with Crippen molar-refractivity contribution < 1.29 is 5.11 Å². The Morgan fingerprint density at radius 3 is 1.80 bits per heavy atom. The monoisotopic (exact) mass is 162 g/mol. The van der Waals surface area contributed by atoms with Gasteiger partial charge in [0.15, 0.2) is 0 Å². The molecule has 0 aromatic carbocycles. The maximum Gasteiger partial charge on any atom is 0.0619 e. The van der Waals surface area contributed by atoms with E-state index in [0.29, 0.717) is 5.92 Å². The fourth-order valence-electron chi connectivity index (χ4n) is 1.63. The molecule has 2 heteroatoms. The number of hydrogen-bond donors (Lipinski definition) is 1. The second-order valence-electron chi connectivity index (χ2n) is 3.64. The van der Waals surface area contributed by atoms with Crippen molar-refractivity contribution in [1.29, 1.82) is 0 Å². The molecule has 62 valence electrons. The lowest BCUT2D eigenvalue weighted by Gasteiger charge is -2.24. The molecule has 0 radical (unpaired) electrons. The molecular weight excluding hydrogens is 144 g/mol. The molecule has 0 aromatic heterocycles. The Bertz CT molecular complexity index is 89.9. The normalized spacial score (nSPS) is 20.7. The molecule has 10 heavy (non-hydrogen) atoms. The summed E-state index contributed by atoms with van der Waals surface area (Å²) < 4.78 is 0. The highest BCUT2D eigenvalue weighted by molar-refractivity contribution is 7.59. The SMILES string of the molecule is CC(C)(O)C1CCCC1.S. The van der Waals surface area contributed by atoms with Crippen LogP contribution in [0, 0.1) is 5.92 Å². The third-order valence-electron chi connectivity index (χ3n) is 2.35. The Morgan fingerprint density at radius 2 is 1.60 bits per heavy atom. The molecule has 1 fully saturated rings. The van der Waals surface area contributed by atoms with Crippen molar-refractivity contribution >= 4 is 13.5 Å². The van der Waals surface area contributed by atoms with Crippen molar-refractivity contribution in [1.82, 2.24) is 0 Å². The van der Waals surface area contributed by atoms with Gasteiger partial charge in [0.1, 0.15) is 0 Å². The van der Waals surface area contributed by atoms with Gasteiger partial charge in [0.25, 0.3) is 0 Å². The van der Waals surface area contributed by atoms with Crippen LogP contribution in [-0.2, 0) is 0 Å². The molecule has 1 saturated carbocycles. The summed E-state index contributed by atoms with van der Waals surface area (Å²) in [4.78, 5) is 0. The molecule has 0 aromatic rings. The average Bonchev–Trinajstić information content (AvgIpc) is 2.08. The van der Waals surface area contributed by atoms with E-state index in [4.69, 9.17) is 0 Å². The lowest BCUT2D eigenvalue weighted by atomic mass is 9.90. The van der Waals surface area contributed by atoms with Gasteiger partial charge in [0.2, 0.25) is 0 Å². The van der Waals surface area contributed by atoms with Gasteiger partial charge >= 0.3 is 0 Å². The first kappa shape index (κ1) is 10.3. The molecule has 1 rings (SSSR count). The van der Waals surface area contributed by atoms with E-state index in [1.807, 2.05) is 13.8 Å². The van der Waals surface area contributed by atoms with E-state index in [9.17, 15) is 5.11 Å². The Kier molecular flexibility index (Phi) is 3.74. The molecule has 1 N–H and O–H groups in total. The Hall–Kier alpha value is 0.310. The van der Waals surface area contributed by atoms with E-state index in [0.717, 1.165) is 0 Å². The van der Waals surface area contributed by atoms with Crippen LogP contribution in [0.15, 0.2) is 0 Å². The average molecular weight is 162 g/mol. The number of rotatable bonds is 1. The second-order valence-corrected chi connectivity index (χ2v) is 3.64. The summed E-state index contributed by atoms with van der Waals surface area (Å²) in [5.41, 5.74) is -0.420. The van der Waals surface area contributed by atoms with Gasteiger partial charge in [-0.05, 0) is 32.6 Å². The first-order chi connectivity index (χ1) is 4.11. The summed E-state index contributed by atoms with van der Waals surface area (Å²) in [6.07, 6.45) is 5.08. The van der Waals surface area contributed by atoms with Gasteiger partial charge in [-0.25, -0.2) is 0 Å². The molecule has 1 aliphatic rings. The summed E-state index contributed by atoms with van der Waals surface area (Å²) in [5.74, 6) is 0.567. The van der Waals surface area contributed by atoms with Crippen LogP contribution in [-0.4, -0.2) is 10.7 Å². The van der Waals surface area contributed by atoms with Crippen LogP contribution in [0.2, 0.25) is 0 Å². The van der Waals surface area contributed by atoms with Crippen LogP contribution in [0.3, 0.4) is 0 Å². The maximum atomic E-state index is 9.52. The summed E-state index contributed by atoms with van der Waals surface area (Å²) in [6.45, 7) is 3.84. The fraction of sp³-hybridized carbons (Fsp3) is 1.00. The first-order valence-electron chi connectivity index (χ1n) is 3.83. The summed E-state index contributed by atoms with van der Waals surface area (Å²) in [7, 11) is 0. The zero-order chi connectivity index (χ0) is 6.91. The minimum absolute atomic E-state index is 0. The predicted molar refractivity (Wildman–Crippen MR) is 48.6 cm³/mol. The van der Waals surface area contributed by atoms with Crippen molar-refractivity contribution in [2.24, 2.45) is 5.92 Å². The van der Waals surface area contributed by atoms with Gasteiger partial charge in [0, 0.05) is 0 Å². The number of aliphatic hydroxyl groups is 1. The van der Waals surface area contributed by atoms with Gasteiger partial charge in [-0.1, -0.05) is 12.8 Å². The molecule has 0 aliphatic heterocycles. The zero-order valence-electron chi connectivity index (χ0n) is 6.85. The molecule has 1 nitrogen and oxygen atoms in total. The highest BCUT2D eigenvalue weighted by atomic mass is 32.1. The van der Waals surface area contributed by atoms with Gasteiger partial charge in [-0.15, -0.1) is 0 Å². The molecule has 0 atom stereocenters. The quantitative estimate of drug-likeness (QED) is 0.626. The largest absolute Gasteiger partial charge is 0.390 e. The molecular formula is C8H18OS. The van der Waals surface area contributed by atoms with Crippen LogP contribution in [0.1, 0.15) is 39.5 Å². The molecule has 1 aliphatic carbocycles. The molecule has 0 saturated heterocycles. The third kappa shape index (κ3) is 2.51. The van der Waals surface area contributed by atoms with Crippen LogP contribution < -0.4 is 0 Å². The van der Waals surface area contributed by atoms with E-state index in [2.05, 4.69) is 0 Å². The number of hydrogen-bond acceptors (Lipinski definition) is 1. The van der Waals surface area contributed by atoms with Crippen molar-refractivity contribution in [2.45, 2.75) is 45.1 Å². The Balaban J connectivity index is 0.000000810. The molecule has 0 amide bonds. The molecule has 0 spiro atoms. The van der Waals surface area contributed by atoms with Gasteiger partial charge < -0.3 is 5.11 Å². The lowest BCUT2D eigenvalue weighted by molar-refractivity contribution is 0.0201. The van der Waals surface area contributed by atoms with Crippen LogP contribution in [0.4, 0.5) is 0 Å². The lowest BCUT2D eigenvalue weighted by Crippen LogP contribution is -2.28. The van der Waals surface area contributed by atoms with Gasteiger partial charge in [-0.2, -0.15) is 13.5 Å². The van der Waals surface area contributed by atoms with Crippen LogP contribution in [0.25, 0.3) is 0 Å². The van der Waals surface area contributed by atoms with Crippen LogP contribution in [0.5, 0.6) is 0 Å². The summed E-state index contributed by atoms with van der Waals surface area (Å²) in [6, 6.07) is 0. The van der Waals surface area contributed by atoms with Crippen LogP contribution >= 0.6 is 13.5 Å². The van der Waals surface area contributed by atoms with Crippen molar-refractivity contribution in [2.75, 3.05) is 0 Å². The Labute approximate surface area is 70.3 Å². The minimum Gasteiger partial charge on any atom is -0.390 e. The standard InChI is InChI=1S/C8H16O.H2S/c1-8(2,9)7-5-3-4-6-7;/h7,9H,3-6H2,1-2H3;1H2. The summed E-state index contributed by atoms with van der Waals surface area (Å²) in [5, 5.41) is 9.52. The Morgan fingerprint density at radius 1 is 1.20 bits per heavy atom. The molecule has 0 unspecified atom stereocenters. The van der Waals surface area contributed by atoms with E-state index in [1.54, 1.807) is 0 Å². The molecule has 0 bridgehead atoms. The van der Waals surface area contributed by atoms with Gasteiger partial charge in [0.05, 0.1) is 5.60 Å². The first-order valence-corrected chi connectivity index (χ1v) is 3.83. The third-order valence-corrected chi connectivity index (χ3v) is 2.35. The smallest absolute Gasteiger partial charge is 0.0619 e. The minimum atomic E-state index is -0.420. The highest BCUT2D eigenvalue weighted by Gasteiger charge is 2.28. The van der Waals surface area contributed by atoms with E-state index >= 15 is 0 Å². The predicted octanol–water partition coefficient (Wildman–Crippen LogP) is 2.06. The fourth-order valence-corrected chi connectivity index (χ4v) is 1.63. The zero-order valence-corrected chi connectivity index (χ0v) is 7.85. The van der Waals surface area contributed by atoms with E-state index in [-0.39, 0.29) is 13.5 Å². The topological polar surface area (TPSA) is 20.2 Å². The maximum absolute atomic E-state index is 9.52. The van der Waals surface area contributed by atoms with E-state index in [1.165, 1.54) is 25.7 Å². The highest BCUT2D eigenvalue weighted by Crippen LogP contribution is 2.33. The van der Waals surface area contributed by atoms with E-state index < -0.39 is 5.60 Å².